The second kappa shape index (κ2) is 13.7. The maximum absolute atomic E-state index is 13.0. The molecule has 1 aromatic heterocycles. The van der Waals surface area contributed by atoms with Crippen LogP contribution in [0.3, 0.4) is 0 Å². The Morgan fingerprint density at radius 1 is 1.11 bits per heavy atom. The normalized spacial score (nSPS) is 15.3. The molecule has 1 aliphatic heterocycles. The molecule has 1 aliphatic rings. The van der Waals surface area contributed by atoms with Gasteiger partial charge in [0.1, 0.15) is 11.8 Å². The Morgan fingerprint density at radius 3 is 2.61 bits per heavy atom. The fraction of sp³-hybridized carbons (Fsp3) is 0.333. The van der Waals surface area contributed by atoms with E-state index in [2.05, 4.69) is 20.6 Å². The summed E-state index contributed by atoms with van der Waals surface area (Å²) in [5.41, 5.74) is 2.19. The number of rotatable bonds is 12. The van der Waals surface area contributed by atoms with Gasteiger partial charge in [0, 0.05) is 30.1 Å². The Morgan fingerprint density at radius 2 is 1.84 bits per heavy atom. The van der Waals surface area contributed by atoms with Crippen LogP contribution in [0.15, 0.2) is 60.9 Å². The van der Waals surface area contributed by atoms with Crippen LogP contribution in [0.4, 0.5) is 5.69 Å². The highest BCUT2D eigenvalue weighted by Crippen LogP contribution is 2.20. The first-order valence-electron chi connectivity index (χ1n) is 12.2. The molecule has 0 radical (unpaired) electrons. The van der Waals surface area contributed by atoms with Crippen LogP contribution in [0.5, 0.6) is 11.8 Å². The minimum Gasteiger partial charge on any atom is -0.496 e. The minimum atomic E-state index is -0.755. The van der Waals surface area contributed by atoms with Gasteiger partial charge in [-0.3, -0.25) is 14.5 Å². The molecule has 0 unspecified atom stereocenters. The average molecular weight is 540 g/mol. The predicted octanol–water partition coefficient (Wildman–Crippen LogP) is 2.75. The smallest absolute Gasteiger partial charge is 0.316 e. The predicted molar refractivity (Wildman–Crippen MR) is 142 cm³/mol. The van der Waals surface area contributed by atoms with Gasteiger partial charge in [-0.05, 0) is 17.7 Å². The second-order valence-electron chi connectivity index (χ2n) is 8.51. The van der Waals surface area contributed by atoms with E-state index < -0.39 is 6.04 Å². The molecule has 2 heterocycles. The van der Waals surface area contributed by atoms with Gasteiger partial charge in [-0.1, -0.05) is 48.0 Å². The van der Waals surface area contributed by atoms with Crippen molar-refractivity contribution < 1.29 is 23.8 Å². The Balaban J connectivity index is 1.26. The summed E-state index contributed by atoms with van der Waals surface area (Å²) >= 11 is 6.19. The molecule has 2 aromatic carbocycles. The van der Waals surface area contributed by atoms with E-state index >= 15 is 0 Å². The summed E-state index contributed by atoms with van der Waals surface area (Å²) in [5.74, 6) is 0.234. The van der Waals surface area contributed by atoms with Crippen molar-refractivity contribution in [2.75, 3.05) is 38.3 Å². The molecule has 0 saturated carbocycles. The zero-order chi connectivity index (χ0) is 26.7. The minimum absolute atomic E-state index is 0.113. The van der Waals surface area contributed by atoms with Crippen molar-refractivity contribution >= 4 is 29.1 Å². The summed E-state index contributed by atoms with van der Waals surface area (Å²) in [4.78, 5) is 35.5. The number of anilines is 1. The monoisotopic (exact) mass is 539 g/mol. The molecule has 11 heteroatoms. The van der Waals surface area contributed by atoms with Gasteiger partial charge in [-0.15, -0.1) is 0 Å². The van der Waals surface area contributed by atoms with Gasteiger partial charge < -0.3 is 24.8 Å². The van der Waals surface area contributed by atoms with Crippen LogP contribution >= 0.6 is 11.6 Å². The van der Waals surface area contributed by atoms with Crippen LogP contribution in [-0.2, 0) is 27.5 Å². The molecule has 4 rings (SSSR count). The van der Waals surface area contributed by atoms with Gasteiger partial charge in [0.25, 0.3) is 0 Å². The lowest BCUT2D eigenvalue weighted by Crippen LogP contribution is -2.60. The number of aromatic nitrogens is 2. The summed E-state index contributed by atoms with van der Waals surface area (Å²) in [6, 6.07) is 14.4. The molecule has 1 saturated heterocycles. The van der Waals surface area contributed by atoms with Crippen molar-refractivity contribution in [2.24, 2.45) is 0 Å². The summed E-state index contributed by atoms with van der Waals surface area (Å²) in [5, 5.41) is 6.41. The number of hydrogen-bond donors (Lipinski definition) is 2. The number of halogens is 1. The van der Waals surface area contributed by atoms with Crippen LogP contribution in [0.2, 0.25) is 5.02 Å². The molecular formula is C27H30ClN5O5. The quantitative estimate of drug-likeness (QED) is 0.338. The van der Waals surface area contributed by atoms with Crippen molar-refractivity contribution in [3.8, 4) is 11.8 Å². The van der Waals surface area contributed by atoms with Crippen LogP contribution in [-0.4, -0.2) is 61.2 Å². The van der Waals surface area contributed by atoms with Gasteiger partial charge in [0.2, 0.25) is 11.8 Å². The lowest BCUT2D eigenvalue weighted by Gasteiger charge is -2.34. The third-order valence-corrected chi connectivity index (χ3v) is 6.28. The summed E-state index contributed by atoms with van der Waals surface area (Å²) in [7, 11) is 1.63. The molecule has 3 aromatic rings. The lowest BCUT2D eigenvalue weighted by atomic mass is 10.1. The van der Waals surface area contributed by atoms with E-state index in [4.69, 9.17) is 25.8 Å². The average Bonchev–Trinajstić information content (AvgIpc) is 2.95. The maximum Gasteiger partial charge on any atom is 0.316 e. The van der Waals surface area contributed by atoms with Gasteiger partial charge in [0.05, 0.1) is 51.6 Å². The number of benzene rings is 2. The maximum atomic E-state index is 13.0. The highest BCUT2D eigenvalue weighted by Gasteiger charge is 2.34. The zero-order valence-corrected chi connectivity index (χ0v) is 21.8. The summed E-state index contributed by atoms with van der Waals surface area (Å²) in [6.45, 7) is 1.97. The number of piperazine rings is 1. The van der Waals surface area contributed by atoms with E-state index in [-0.39, 0.29) is 30.9 Å². The van der Waals surface area contributed by atoms with Crippen molar-refractivity contribution in [1.29, 1.82) is 0 Å². The molecule has 38 heavy (non-hydrogen) atoms. The number of para-hydroxylation sites is 1. The molecule has 0 aliphatic carbocycles. The van der Waals surface area contributed by atoms with E-state index in [0.29, 0.717) is 43.5 Å². The standard InChI is InChI=1S/C27H30ClN5O5/c1-36-24-10-5-3-8-20(24)18-37-11-6-12-38-27-31-14-21(15-32-27)33-23(16-29-17-25(33)34)26(35)30-13-19-7-2-4-9-22(19)28/h2-5,7-10,14-15,23,29H,6,11-13,16-18H2,1H3,(H,30,35)/t23-/m1/s1. The van der Waals surface area contributed by atoms with Crippen LogP contribution in [0, 0.1) is 0 Å². The number of nitrogens with one attached hydrogen (secondary N) is 2. The van der Waals surface area contributed by atoms with Crippen LogP contribution in [0.1, 0.15) is 17.5 Å². The van der Waals surface area contributed by atoms with E-state index in [1.807, 2.05) is 42.5 Å². The van der Waals surface area contributed by atoms with Crippen molar-refractivity contribution in [3.63, 3.8) is 0 Å². The van der Waals surface area contributed by atoms with Crippen molar-refractivity contribution in [1.82, 2.24) is 20.6 Å². The Kier molecular flexibility index (Phi) is 9.85. The van der Waals surface area contributed by atoms with Crippen molar-refractivity contribution in [3.05, 3.63) is 77.1 Å². The number of ether oxygens (including phenoxy) is 3. The molecule has 2 amide bonds. The molecule has 200 valence electrons. The van der Waals surface area contributed by atoms with E-state index in [9.17, 15) is 9.59 Å². The van der Waals surface area contributed by atoms with Gasteiger partial charge in [0.15, 0.2) is 0 Å². The first-order chi connectivity index (χ1) is 18.6. The third kappa shape index (κ3) is 7.18. The number of hydrogen-bond acceptors (Lipinski definition) is 8. The topological polar surface area (TPSA) is 115 Å². The number of methoxy groups -OCH3 is 1. The highest BCUT2D eigenvalue weighted by atomic mass is 35.5. The molecule has 10 nitrogen and oxygen atoms in total. The Labute approximate surface area is 226 Å². The van der Waals surface area contributed by atoms with E-state index in [0.717, 1.165) is 16.9 Å². The third-order valence-electron chi connectivity index (χ3n) is 5.91. The molecule has 1 fully saturated rings. The van der Waals surface area contributed by atoms with Gasteiger partial charge in [-0.25, -0.2) is 9.97 Å². The molecule has 0 spiro atoms. The molecule has 1 atom stereocenters. The van der Waals surface area contributed by atoms with Crippen LogP contribution < -0.4 is 25.0 Å². The van der Waals surface area contributed by atoms with Gasteiger partial charge in [-0.2, -0.15) is 0 Å². The fourth-order valence-electron chi connectivity index (χ4n) is 3.98. The van der Waals surface area contributed by atoms with Gasteiger partial charge >= 0.3 is 6.01 Å². The lowest BCUT2D eigenvalue weighted by molar-refractivity contribution is -0.127. The summed E-state index contributed by atoms with van der Waals surface area (Å²) < 4.78 is 16.6. The zero-order valence-electron chi connectivity index (χ0n) is 21.1. The van der Waals surface area contributed by atoms with E-state index in [1.165, 1.54) is 17.3 Å². The second-order valence-corrected chi connectivity index (χ2v) is 8.92. The van der Waals surface area contributed by atoms with Crippen LogP contribution in [0.25, 0.3) is 0 Å². The highest BCUT2D eigenvalue weighted by molar-refractivity contribution is 6.31. The largest absolute Gasteiger partial charge is 0.496 e. The molecular weight excluding hydrogens is 510 g/mol. The number of amides is 2. The van der Waals surface area contributed by atoms with Crippen molar-refractivity contribution in [2.45, 2.75) is 25.6 Å². The summed E-state index contributed by atoms with van der Waals surface area (Å²) in [6.07, 6.45) is 3.61. The Hall–Kier alpha value is -3.73. The first kappa shape index (κ1) is 27.3. The Bertz CT molecular complexity index is 1230. The first-order valence-corrected chi connectivity index (χ1v) is 12.6. The SMILES string of the molecule is COc1ccccc1COCCCOc1ncc(N2C(=O)CNC[C@@H]2C(=O)NCc2ccccc2Cl)cn1. The molecule has 2 N–H and O–H groups in total. The molecule has 0 bridgehead atoms. The van der Waals surface area contributed by atoms with E-state index in [1.54, 1.807) is 13.2 Å². The number of carbonyl (C=O) groups excluding carboxylic acids is 2. The number of nitrogens with zero attached hydrogens (tertiary/aromatic N) is 3. The fourth-order valence-corrected chi connectivity index (χ4v) is 4.18. The number of carbonyl (C=O) groups is 2.